The third kappa shape index (κ3) is 3.05. The van der Waals surface area contributed by atoms with Gasteiger partial charge in [-0.15, -0.1) is 0 Å². The van der Waals surface area contributed by atoms with Gasteiger partial charge in [0.1, 0.15) is 11.3 Å². The van der Waals surface area contributed by atoms with Gasteiger partial charge in [-0.05, 0) is 25.0 Å². The molecule has 3 aromatic rings. The molecule has 2 aliphatic rings. The Morgan fingerprint density at radius 2 is 2.14 bits per heavy atom. The average molecular weight is 414 g/mol. The van der Waals surface area contributed by atoms with Crippen molar-refractivity contribution in [1.82, 2.24) is 19.5 Å². The number of aryl methyl sites for hydroxylation is 1. The first-order valence-corrected chi connectivity index (χ1v) is 9.54. The fourth-order valence-corrected chi connectivity index (χ4v) is 4.18. The molecule has 0 radical (unpaired) electrons. The van der Waals surface area contributed by atoms with Crippen LogP contribution in [0.1, 0.15) is 18.4 Å². The van der Waals surface area contributed by atoms with Crippen LogP contribution in [0.4, 0.5) is 22.0 Å². The van der Waals surface area contributed by atoms with Crippen LogP contribution < -0.4 is 10.6 Å². The van der Waals surface area contributed by atoms with Crippen molar-refractivity contribution >= 4 is 40.3 Å². The fourth-order valence-electron chi connectivity index (χ4n) is 3.93. The maximum Gasteiger partial charge on any atom is 0.224 e. The number of anilines is 3. The summed E-state index contributed by atoms with van der Waals surface area (Å²) in [6.45, 7) is 1.69. The summed E-state index contributed by atoms with van der Waals surface area (Å²) in [5.41, 5.74) is 1.74. The Balaban J connectivity index is 1.38. The van der Waals surface area contributed by atoms with Gasteiger partial charge in [0.25, 0.3) is 0 Å². The van der Waals surface area contributed by atoms with Gasteiger partial charge in [-0.25, -0.2) is 14.4 Å². The molecule has 2 N–H and O–H groups in total. The molecule has 1 aliphatic heterocycles. The molecule has 148 valence electrons. The number of rotatable bonds is 4. The van der Waals surface area contributed by atoms with E-state index in [4.69, 9.17) is 21.6 Å². The van der Waals surface area contributed by atoms with E-state index in [1.54, 1.807) is 17.8 Å². The number of ether oxygens (including phenoxy) is 1. The number of nitrogens with zero attached hydrogens (tertiary/aromatic N) is 5. The second kappa shape index (κ2) is 6.54. The average Bonchev–Trinajstić information content (AvgIpc) is 2.94. The summed E-state index contributed by atoms with van der Waals surface area (Å²) in [5, 5.41) is 15.3. The minimum atomic E-state index is -0.631. The maximum atomic E-state index is 14.3. The molecule has 2 aromatic heterocycles. The SMILES string of the molecule is Cn1c(Nc2c(F)cc(C#N)cc2Cl)nc2cnc(NC3CC4(COC4)C3)nc21. The number of hydrogen-bond donors (Lipinski definition) is 2. The molecule has 1 spiro atoms. The van der Waals surface area contributed by atoms with Crippen molar-refractivity contribution in [3.8, 4) is 6.07 Å². The van der Waals surface area contributed by atoms with Gasteiger partial charge in [0.15, 0.2) is 5.65 Å². The van der Waals surface area contributed by atoms with Crippen molar-refractivity contribution < 1.29 is 9.13 Å². The van der Waals surface area contributed by atoms with E-state index in [0.717, 1.165) is 32.1 Å². The van der Waals surface area contributed by atoms with Crippen LogP contribution in [0, 0.1) is 22.6 Å². The van der Waals surface area contributed by atoms with Crippen LogP contribution >= 0.6 is 11.6 Å². The molecule has 1 saturated carbocycles. The van der Waals surface area contributed by atoms with E-state index in [-0.39, 0.29) is 16.3 Å². The minimum Gasteiger partial charge on any atom is -0.380 e. The van der Waals surface area contributed by atoms with Crippen LogP contribution in [-0.4, -0.2) is 38.8 Å². The summed E-state index contributed by atoms with van der Waals surface area (Å²) in [5.74, 6) is 0.273. The molecule has 10 heteroatoms. The van der Waals surface area contributed by atoms with E-state index in [1.807, 2.05) is 6.07 Å². The molecule has 8 nitrogen and oxygen atoms in total. The molecule has 0 atom stereocenters. The first-order valence-electron chi connectivity index (χ1n) is 9.16. The van der Waals surface area contributed by atoms with Crippen molar-refractivity contribution in [2.24, 2.45) is 12.5 Å². The Kier molecular flexibility index (Phi) is 4.08. The highest BCUT2D eigenvalue weighted by Crippen LogP contribution is 2.47. The summed E-state index contributed by atoms with van der Waals surface area (Å²) >= 11 is 6.12. The van der Waals surface area contributed by atoms with Gasteiger partial charge in [-0.3, -0.25) is 4.57 Å². The zero-order valence-electron chi connectivity index (χ0n) is 15.5. The quantitative estimate of drug-likeness (QED) is 0.676. The van der Waals surface area contributed by atoms with E-state index in [9.17, 15) is 4.39 Å². The molecular formula is C19H17ClFN7O. The van der Waals surface area contributed by atoms with E-state index >= 15 is 0 Å². The lowest BCUT2D eigenvalue weighted by molar-refractivity contribution is -0.160. The fraction of sp³-hybridized carbons (Fsp3) is 0.368. The number of benzene rings is 1. The maximum absolute atomic E-state index is 14.3. The Labute approximate surface area is 170 Å². The third-order valence-corrected chi connectivity index (χ3v) is 5.83. The van der Waals surface area contributed by atoms with Gasteiger partial charge in [0, 0.05) is 18.5 Å². The lowest BCUT2D eigenvalue weighted by atomic mass is 9.64. The molecule has 1 saturated heterocycles. The molecule has 0 bridgehead atoms. The monoisotopic (exact) mass is 413 g/mol. The third-order valence-electron chi connectivity index (χ3n) is 5.53. The number of hydrogen-bond acceptors (Lipinski definition) is 7. The molecule has 0 unspecified atom stereocenters. The number of halogens is 2. The lowest BCUT2D eigenvalue weighted by Gasteiger charge is -2.53. The molecule has 5 rings (SSSR count). The highest BCUT2D eigenvalue weighted by Gasteiger charge is 2.49. The van der Waals surface area contributed by atoms with E-state index in [2.05, 4.69) is 25.6 Å². The molecule has 0 amide bonds. The first-order chi connectivity index (χ1) is 14.0. The first kappa shape index (κ1) is 18.1. The standard InChI is InChI=1S/C19H17ClFN7O/c1-28-16-14(7-23-17(27-16)24-11-4-19(5-11)8-29-9-19)25-18(28)26-15-12(20)2-10(6-22)3-13(15)21/h2-3,7,11H,4-5,8-9H2,1H3,(H,25,26)(H,23,24,27). The van der Waals surface area contributed by atoms with Crippen molar-refractivity contribution in [2.75, 3.05) is 23.8 Å². The van der Waals surface area contributed by atoms with Crippen molar-refractivity contribution in [3.05, 3.63) is 34.7 Å². The molecular weight excluding hydrogens is 397 g/mol. The van der Waals surface area contributed by atoms with Gasteiger partial charge in [-0.2, -0.15) is 10.2 Å². The molecule has 1 aromatic carbocycles. The van der Waals surface area contributed by atoms with Crippen LogP contribution in [0.25, 0.3) is 11.2 Å². The second-order valence-corrected chi connectivity index (χ2v) is 8.10. The van der Waals surface area contributed by atoms with Gasteiger partial charge in [0.2, 0.25) is 11.9 Å². The normalized spacial score (nSPS) is 17.6. The number of nitrogens with one attached hydrogen (secondary N) is 2. The number of fused-ring (bicyclic) bond motifs is 1. The van der Waals surface area contributed by atoms with E-state index in [0.29, 0.717) is 34.5 Å². The van der Waals surface area contributed by atoms with Crippen molar-refractivity contribution in [1.29, 1.82) is 5.26 Å². The van der Waals surface area contributed by atoms with Gasteiger partial charge >= 0.3 is 0 Å². The number of aromatic nitrogens is 4. The highest BCUT2D eigenvalue weighted by atomic mass is 35.5. The van der Waals surface area contributed by atoms with Gasteiger partial charge in [-0.1, -0.05) is 11.6 Å². The molecule has 3 heterocycles. The zero-order valence-corrected chi connectivity index (χ0v) is 16.3. The van der Waals surface area contributed by atoms with E-state index in [1.165, 1.54) is 6.07 Å². The molecule has 29 heavy (non-hydrogen) atoms. The van der Waals surface area contributed by atoms with Crippen molar-refractivity contribution in [2.45, 2.75) is 18.9 Å². The Bertz CT molecular complexity index is 1140. The second-order valence-electron chi connectivity index (χ2n) is 7.69. The smallest absolute Gasteiger partial charge is 0.224 e. The van der Waals surface area contributed by atoms with Crippen LogP contribution in [0.2, 0.25) is 5.02 Å². The lowest BCUT2D eigenvalue weighted by Crippen LogP contribution is -2.56. The van der Waals surface area contributed by atoms with Gasteiger partial charge in [0.05, 0.1) is 41.8 Å². The topological polar surface area (TPSA) is 101 Å². The number of nitriles is 1. The summed E-state index contributed by atoms with van der Waals surface area (Å²) < 4.78 is 21.3. The van der Waals surface area contributed by atoms with Crippen LogP contribution in [0.3, 0.4) is 0 Å². The Hall–Kier alpha value is -2.96. The summed E-state index contributed by atoms with van der Waals surface area (Å²) in [4.78, 5) is 13.3. The highest BCUT2D eigenvalue weighted by molar-refractivity contribution is 6.33. The van der Waals surface area contributed by atoms with Crippen LogP contribution in [0.15, 0.2) is 18.3 Å². The summed E-state index contributed by atoms with van der Waals surface area (Å²) in [6.07, 6.45) is 3.75. The predicted octanol–water partition coefficient (Wildman–Crippen LogP) is 3.36. The Morgan fingerprint density at radius 3 is 2.79 bits per heavy atom. The predicted molar refractivity (Wildman–Crippen MR) is 106 cm³/mol. The summed E-state index contributed by atoms with van der Waals surface area (Å²) in [7, 11) is 1.77. The van der Waals surface area contributed by atoms with Crippen molar-refractivity contribution in [3.63, 3.8) is 0 Å². The molecule has 2 fully saturated rings. The van der Waals surface area contributed by atoms with Crippen LogP contribution in [0.5, 0.6) is 0 Å². The van der Waals surface area contributed by atoms with E-state index < -0.39 is 5.82 Å². The number of imidazole rings is 1. The van der Waals surface area contributed by atoms with Gasteiger partial charge < -0.3 is 15.4 Å². The Morgan fingerprint density at radius 1 is 1.34 bits per heavy atom. The van der Waals surface area contributed by atoms with Crippen LogP contribution in [-0.2, 0) is 11.8 Å². The minimum absolute atomic E-state index is 0.0536. The largest absolute Gasteiger partial charge is 0.380 e. The summed E-state index contributed by atoms with van der Waals surface area (Å²) in [6, 6.07) is 4.73. The molecule has 1 aliphatic carbocycles. The zero-order chi connectivity index (χ0) is 20.2.